The number of hydrogen-bond acceptors (Lipinski definition) is 5. The molecule has 0 atom stereocenters. The van der Waals surface area contributed by atoms with Crippen molar-refractivity contribution in [3.8, 4) is 11.5 Å². The highest BCUT2D eigenvalue weighted by molar-refractivity contribution is 7.12. The van der Waals surface area contributed by atoms with Crippen molar-refractivity contribution in [1.29, 1.82) is 0 Å². The van der Waals surface area contributed by atoms with E-state index >= 15 is 0 Å². The topological polar surface area (TPSA) is 76.7 Å². The van der Waals surface area contributed by atoms with Crippen LogP contribution in [0.25, 0.3) is 0 Å². The van der Waals surface area contributed by atoms with Gasteiger partial charge in [-0.2, -0.15) is 0 Å². The molecule has 0 saturated carbocycles. The summed E-state index contributed by atoms with van der Waals surface area (Å²) in [5.74, 6) is 0.848. The molecule has 0 spiro atoms. The molecule has 130 valence electrons. The van der Waals surface area contributed by atoms with Gasteiger partial charge in [0, 0.05) is 23.0 Å². The monoisotopic (exact) mass is 366 g/mol. The molecule has 0 bridgehead atoms. The zero-order valence-corrected chi connectivity index (χ0v) is 14.3. The van der Waals surface area contributed by atoms with Crippen LogP contribution in [0.15, 0.2) is 60.0 Å². The van der Waals surface area contributed by atoms with E-state index in [0.29, 0.717) is 33.3 Å². The van der Waals surface area contributed by atoms with E-state index in [2.05, 4.69) is 10.6 Å². The summed E-state index contributed by atoms with van der Waals surface area (Å²) in [5, 5.41) is 7.45. The van der Waals surface area contributed by atoms with Gasteiger partial charge in [0.1, 0.15) is 0 Å². The molecular weight excluding hydrogens is 352 g/mol. The molecule has 0 fully saturated rings. The third kappa shape index (κ3) is 3.38. The number of ether oxygens (including phenoxy) is 2. The van der Waals surface area contributed by atoms with Crippen molar-refractivity contribution >= 4 is 34.5 Å². The van der Waals surface area contributed by atoms with E-state index in [-0.39, 0.29) is 18.6 Å². The average Bonchev–Trinajstić information content (AvgIpc) is 3.33. The number of anilines is 2. The van der Waals surface area contributed by atoms with Gasteiger partial charge in [0.2, 0.25) is 6.79 Å². The second-order valence-electron chi connectivity index (χ2n) is 5.53. The van der Waals surface area contributed by atoms with E-state index in [4.69, 9.17) is 9.47 Å². The Bertz CT molecular complexity index is 952. The van der Waals surface area contributed by atoms with Crippen LogP contribution in [0.5, 0.6) is 11.5 Å². The van der Waals surface area contributed by atoms with Crippen LogP contribution >= 0.6 is 11.3 Å². The van der Waals surface area contributed by atoms with Gasteiger partial charge in [-0.05, 0) is 47.8 Å². The number of fused-ring (bicyclic) bond motifs is 1. The molecule has 0 unspecified atom stereocenters. The fourth-order valence-electron chi connectivity index (χ4n) is 2.48. The van der Waals surface area contributed by atoms with Gasteiger partial charge in [-0.3, -0.25) is 9.59 Å². The third-order valence-corrected chi connectivity index (χ3v) is 4.65. The van der Waals surface area contributed by atoms with Crippen LogP contribution in [0.3, 0.4) is 0 Å². The Morgan fingerprint density at radius 3 is 2.35 bits per heavy atom. The fourth-order valence-corrected chi connectivity index (χ4v) is 3.10. The molecule has 3 aromatic rings. The summed E-state index contributed by atoms with van der Waals surface area (Å²) >= 11 is 1.37. The normalized spacial score (nSPS) is 11.8. The van der Waals surface area contributed by atoms with E-state index < -0.39 is 0 Å². The summed E-state index contributed by atoms with van der Waals surface area (Å²) < 4.78 is 10.5. The van der Waals surface area contributed by atoms with Crippen molar-refractivity contribution in [2.75, 3.05) is 17.4 Å². The maximum absolute atomic E-state index is 12.4. The van der Waals surface area contributed by atoms with Crippen LogP contribution in [0, 0.1) is 0 Å². The first-order valence-electron chi connectivity index (χ1n) is 7.85. The Hall–Kier alpha value is -3.32. The minimum Gasteiger partial charge on any atom is -0.454 e. The Kier molecular flexibility index (Phi) is 4.28. The SMILES string of the molecule is O=C(Nc1ccc2c(c1)OCO2)c1ccc(NC(=O)c2cccs2)cc1. The molecular formula is C19H14N2O4S. The molecule has 2 N–H and O–H groups in total. The van der Waals surface area contributed by atoms with Gasteiger partial charge in [-0.25, -0.2) is 0 Å². The number of carbonyl (C=O) groups excluding carboxylic acids is 2. The molecule has 1 aliphatic heterocycles. The number of rotatable bonds is 4. The molecule has 7 heteroatoms. The first-order chi connectivity index (χ1) is 12.7. The van der Waals surface area contributed by atoms with Gasteiger partial charge in [0.05, 0.1) is 4.88 Å². The average molecular weight is 366 g/mol. The second-order valence-corrected chi connectivity index (χ2v) is 6.48. The van der Waals surface area contributed by atoms with Crippen LogP contribution < -0.4 is 20.1 Å². The zero-order valence-electron chi connectivity index (χ0n) is 13.5. The van der Waals surface area contributed by atoms with E-state index in [9.17, 15) is 9.59 Å². The molecule has 26 heavy (non-hydrogen) atoms. The van der Waals surface area contributed by atoms with Crippen LogP contribution in [-0.2, 0) is 0 Å². The van der Waals surface area contributed by atoms with Crippen molar-refractivity contribution in [1.82, 2.24) is 0 Å². The van der Waals surface area contributed by atoms with Crippen molar-refractivity contribution in [2.24, 2.45) is 0 Å². The summed E-state index contributed by atoms with van der Waals surface area (Å²) in [7, 11) is 0. The number of amides is 2. The van der Waals surface area contributed by atoms with Crippen molar-refractivity contribution in [3.05, 3.63) is 70.4 Å². The molecule has 2 heterocycles. The molecule has 0 radical (unpaired) electrons. The van der Waals surface area contributed by atoms with E-state index in [1.165, 1.54) is 11.3 Å². The number of benzene rings is 2. The van der Waals surface area contributed by atoms with E-state index in [0.717, 1.165) is 0 Å². The summed E-state index contributed by atoms with van der Waals surface area (Å²) in [6.07, 6.45) is 0. The van der Waals surface area contributed by atoms with E-state index in [1.54, 1.807) is 48.5 Å². The van der Waals surface area contributed by atoms with Gasteiger partial charge < -0.3 is 20.1 Å². The summed E-state index contributed by atoms with van der Waals surface area (Å²) in [6, 6.07) is 15.5. The largest absolute Gasteiger partial charge is 0.454 e. The zero-order chi connectivity index (χ0) is 17.9. The Labute approximate surface area is 153 Å². The quantitative estimate of drug-likeness (QED) is 0.732. The van der Waals surface area contributed by atoms with Crippen molar-refractivity contribution < 1.29 is 19.1 Å². The highest BCUT2D eigenvalue weighted by atomic mass is 32.1. The highest BCUT2D eigenvalue weighted by Gasteiger charge is 2.15. The Morgan fingerprint density at radius 1 is 0.846 bits per heavy atom. The lowest BCUT2D eigenvalue weighted by atomic mass is 10.2. The Balaban J connectivity index is 1.41. The predicted octanol–water partition coefficient (Wildman–Crippen LogP) is 3.98. The van der Waals surface area contributed by atoms with Gasteiger partial charge in [0.15, 0.2) is 11.5 Å². The number of carbonyl (C=O) groups is 2. The van der Waals surface area contributed by atoms with Crippen LogP contribution in [0.4, 0.5) is 11.4 Å². The molecule has 0 saturated heterocycles. The van der Waals surface area contributed by atoms with Crippen molar-refractivity contribution in [2.45, 2.75) is 0 Å². The lowest BCUT2D eigenvalue weighted by Gasteiger charge is -2.08. The number of hydrogen-bond donors (Lipinski definition) is 2. The Morgan fingerprint density at radius 2 is 1.58 bits per heavy atom. The van der Waals surface area contributed by atoms with Crippen LogP contribution in [0.1, 0.15) is 20.0 Å². The molecule has 2 amide bonds. The molecule has 6 nitrogen and oxygen atoms in total. The number of thiophene rings is 1. The van der Waals surface area contributed by atoms with Gasteiger partial charge in [-0.1, -0.05) is 6.07 Å². The first-order valence-corrected chi connectivity index (χ1v) is 8.73. The maximum Gasteiger partial charge on any atom is 0.265 e. The molecule has 1 aromatic heterocycles. The highest BCUT2D eigenvalue weighted by Crippen LogP contribution is 2.34. The minimum atomic E-state index is -0.250. The standard InChI is InChI=1S/C19H14N2O4S/c22-18(21-14-7-8-15-16(10-14)25-11-24-15)12-3-5-13(6-4-12)20-19(23)17-2-1-9-26-17/h1-10H,11H2,(H,20,23)(H,21,22). The summed E-state index contributed by atoms with van der Waals surface area (Å²) in [6.45, 7) is 0.186. The van der Waals surface area contributed by atoms with Crippen LogP contribution in [0.2, 0.25) is 0 Å². The second kappa shape index (κ2) is 6.89. The smallest absolute Gasteiger partial charge is 0.265 e. The van der Waals surface area contributed by atoms with E-state index in [1.807, 2.05) is 11.4 Å². The maximum atomic E-state index is 12.4. The predicted molar refractivity (Wildman–Crippen MR) is 99.2 cm³/mol. The molecule has 1 aliphatic rings. The third-order valence-electron chi connectivity index (χ3n) is 3.78. The minimum absolute atomic E-state index is 0.169. The lowest BCUT2D eigenvalue weighted by molar-refractivity contribution is 0.102. The molecule has 4 rings (SSSR count). The van der Waals surface area contributed by atoms with Crippen LogP contribution in [-0.4, -0.2) is 18.6 Å². The lowest BCUT2D eigenvalue weighted by Crippen LogP contribution is -2.13. The van der Waals surface area contributed by atoms with Crippen molar-refractivity contribution in [3.63, 3.8) is 0 Å². The fraction of sp³-hybridized carbons (Fsp3) is 0.0526. The number of nitrogens with one attached hydrogen (secondary N) is 2. The van der Waals surface area contributed by atoms with Gasteiger partial charge >= 0.3 is 0 Å². The summed E-state index contributed by atoms with van der Waals surface area (Å²) in [5.41, 5.74) is 1.73. The first kappa shape index (κ1) is 16.2. The summed E-state index contributed by atoms with van der Waals surface area (Å²) in [4.78, 5) is 25.0. The molecule has 2 aromatic carbocycles. The van der Waals surface area contributed by atoms with Gasteiger partial charge in [-0.15, -0.1) is 11.3 Å². The molecule has 0 aliphatic carbocycles. The van der Waals surface area contributed by atoms with Gasteiger partial charge in [0.25, 0.3) is 11.8 Å².